The van der Waals surface area contributed by atoms with E-state index in [9.17, 15) is 4.79 Å². The molecule has 0 saturated carbocycles. The molecule has 0 unspecified atom stereocenters. The molecule has 3 heteroatoms. The van der Waals surface area contributed by atoms with E-state index in [1.165, 1.54) is 0 Å². The molecule has 0 aliphatic rings. The molecule has 1 amide bonds. The maximum atomic E-state index is 9.76. The highest BCUT2D eigenvalue weighted by Crippen LogP contribution is 1.44. The summed E-state index contributed by atoms with van der Waals surface area (Å²) in [5, 5.41) is 2.59. The van der Waals surface area contributed by atoms with Crippen LogP contribution in [0.2, 0.25) is 0 Å². The van der Waals surface area contributed by atoms with Gasteiger partial charge in [-0.25, -0.2) is 0 Å². The topological polar surface area (TPSA) is 55.1 Å². The number of primary amides is 1. The molecule has 0 radical (unpaired) electrons. The van der Waals surface area contributed by atoms with E-state index in [1.54, 1.807) is 7.05 Å². The quantitative estimate of drug-likeness (QED) is 0.524. The van der Waals surface area contributed by atoms with E-state index in [2.05, 4.69) is 5.32 Å². The Morgan fingerprint density at radius 3 is 2.00 bits per heavy atom. The van der Waals surface area contributed by atoms with E-state index in [-0.39, 0.29) is 12.5 Å². The lowest BCUT2D eigenvalue weighted by Crippen LogP contribution is -2.25. The monoisotopic (exact) mass is 118 g/mol. The minimum absolute atomic E-state index is 0.264. The fourth-order valence-electron chi connectivity index (χ4n) is 0.174. The molecule has 0 rings (SSSR count). The number of carbonyl (C=O) groups excluding carboxylic acids is 1. The van der Waals surface area contributed by atoms with Crippen LogP contribution >= 0.6 is 0 Å². The summed E-state index contributed by atoms with van der Waals surface area (Å²) in [5.74, 6) is -0.322. The Balaban J connectivity index is 0. The zero-order valence-electron chi connectivity index (χ0n) is 5.69. The fraction of sp³-hybridized carbons (Fsp3) is 0.800. The van der Waals surface area contributed by atoms with E-state index in [0.29, 0.717) is 0 Å². The number of nitrogens with one attached hydrogen (secondary N) is 1. The SMILES string of the molecule is CC.CNCC(N)=O. The second-order valence-corrected chi connectivity index (χ2v) is 0.997. The number of amides is 1. The average Bonchev–Trinajstić information content (AvgIpc) is 1.72. The molecule has 3 N–H and O–H groups in total. The summed E-state index contributed by atoms with van der Waals surface area (Å²) in [5.41, 5.74) is 4.70. The van der Waals surface area contributed by atoms with Crippen LogP contribution in [0.15, 0.2) is 0 Å². The molecule has 0 aromatic carbocycles. The molecule has 50 valence electrons. The van der Waals surface area contributed by atoms with E-state index in [0.717, 1.165) is 0 Å². The van der Waals surface area contributed by atoms with E-state index >= 15 is 0 Å². The van der Waals surface area contributed by atoms with E-state index < -0.39 is 0 Å². The van der Waals surface area contributed by atoms with E-state index in [4.69, 9.17) is 5.73 Å². The second-order valence-electron chi connectivity index (χ2n) is 0.997. The van der Waals surface area contributed by atoms with Gasteiger partial charge < -0.3 is 11.1 Å². The molecule has 0 atom stereocenters. The van der Waals surface area contributed by atoms with Crippen molar-refractivity contribution in [2.24, 2.45) is 5.73 Å². The summed E-state index contributed by atoms with van der Waals surface area (Å²) in [4.78, 5) is 9.76. The Bertz CT molecular complexity index is 54.4. The number of carbonyl (C=O) groups is 1. The largest absolute Gasteiger partial charge is 0.369 e. The van der Waals surface area contributed by atoms with Gasteiger partial charge in [0.15, 0.2) is 0 Å². The number of likely N-dealkylation sites (N-methyl/N-ethyl adjacent to an activating group) is 1. The van der Waals surface area contributed by atoms with Crippen LogP contribution in [-0.2, 0) is 4.79 Å². The summed E-state index contributed by atoms with van der Waals surface area (Å²) in [6.45, 7) is 4.26. The van der Waals surface area contributed by atoms with Crippen molar-refractivity contribution >= 4 is 5.91 Å². The Labute approximate surface area is 50.3 Å². The van der Waals surface area contributed by atoms with Gasteiger partial charge in [0.05, 0.1) is 6.54 Å². The zero-order chi connectivity index (χ0) is 6.99. The molecule has 0 aromatic rings. The first-order valence-corrected chi connectivity index (χ1v) is 2.70. The second kappa shape index (κ2) is 9.66. The number of nitrogens with two attached hydrogens (primary N) is 1. The van der Waals surface area contributed by atoms with Crippen LogP contribution < -0.4 is 11.1 Å². The van der Waals surface area contributed by atoms with Crippen molar-refractivity contribution in [2.75, 3.05) is 13.6 Å². The lowest BCUT2D eigenvalue weighted by atomic mass is 10.6. The third-order valence-corrected chi connectivity index (χ3v) is 0.351. The first-order valence-electron chi connectivity index (χ1n) is 2.70. The van der Waals surface area contributed by atoms with Gasteiger partial charge in [-0.15, -0.1) is 0 Å². The maximum absolute atomic E-state index is 9.76. The number of rotatable bonds is 2. The van der Waals surface area contributed by atoms with Crippen LogP contribution in [0, 0.1) is 0 Å². The van der Waals surface area contributed by atoms with Crippen molar-refractivity contribution in [1.29, 1.82) is 0 Å². The van der Waals surface area contributed by atoms with E-state index in [1.807, 2.05) is 13.8 Å². The van der Waals surface area contributed by atoms with Crippen LogP contribution in [0.1, 0.15) is 13.8 Å². The summed E-state index contributed by atoms with van der Waals surface area (Å²) < 4.78 is 0. The van der Waals surface area contributed by atoms with Gasteiger partial charge in [-0.2, -0.15) is 0 Å². The van der Waals surface area contributed by atoms with Gasteiger partial charge in [0.1, 0.15) is 0 Å². The number of hydrogen-bond acceptors (Lipinski definition) is 2. The fourth-order valence-corrected chi connectivity index (χ4v) is 0.174. The maximum Gasteiger partial charge on any atom is 0.231 e. The normalized spacial score (nSPS) is 6.88. The molecule has 0 aliphatic carbocycles. The zero-order valence-corrected chi connectivity index (χ0v) is 5.69. The Morgan fingerprint density at radius 2 is 2.00 bits per heavy atom. The van der Waals surface area contributed by atoms with Crippen molar-refractivity contribution in [3.05, 3.63) is 0 Å². The van der Waals surface area contributed by atoms with Crippen LogP contribution in [0.5, 0.6) is 0 Å². The van der Waals surface area contributed by atoms with Crippen LogP contribution in [0.25, 0.3) is 0 Å². The molecular formula is C5H14N2O. The van der Waals surface area contributed by atoms with Crippen LogP contribution in [0.3, 0.4) is 0 Å². The minimum atomic E-state index is -0.322. The van der Waals surface area contributed by atoms with Gasteiger partial charge in [-0.3, -0.25) is 4.79 Å². The Hall–Kier alpha value is -0.570. The van der Waals surface area contributed by atoms with Gasteiger partial charge in [-0.1, -0.05) is 13.8 Å². The van der Waals surface area contributed by atoms with Crippen molar-refractivity contribution in [1.82, 2.24) is 5.32 Å². The summed E-state index contributed by atoms with van der Waals surface area (Å²) in [6, 6.07) is 0. The molecule has 0 bridgehead atoms. The minimum Gasteiger partial charge on any atom is -0.369 e. The highest BCUT2D eigenvalue weighted by Gasteiger charge is 1.82. The molecule has 8 heavy (non-hydrogen) atoms. The third kappa shape index (κ3) is 18.0. The Morgan fingerprint density at radius 1 is 1.62 bits per heavy atom. The summed E-state index contributed by atoms with van der Waals surface area (Å²) >= 11 is 0. The third-order valence-electron chi connectivity index (χ3n) is 0.351. The van der Waals surface area contributed by atoms with Crippen molar-refractivity contribution in [3.63, 3.8) is 0 Å². The van der Waals surface area contributed by atoms with Crippen molar-refractivity contribution < 1.29 is 4.79 Å². The molecule has 0 saturated heterocycles. The molecule has 3 nitrogen and oxygen atoms in total. The molecule has 0 spiro atoms. The van der Waals surface area contributed by atoms with Crippen LogP contribution in [0.4, 0.5) is 0 Å². The smallest absolute Gasteiger partial charge is 0.231 e. The predicted octanol–water partition coefficient (Wildman–Crippen LogP) is -0.283. The first kappa shape index (κ1) is 10.4. The lowest BCUT2D eigenvalue weighted by Gasteiger charge is -1.85. The number of hydrogen-bond donors (Lipinski definition) is 2. The van der Waals surface area contributed by atoms with Crippen molar-refractivity contribution in [2.45, 2.75) is 13.8 Å². The predicted molar refractivity (Wildman–Crippen MR) is 34.5 cm³/mol. The summed E-state index contributed by atoms with van der Waals surface area (Å²) in [6.07, 6.45) is 0. The van der Waals surface area contributed by atoms with Crippen LogP contribution in [-0.4, -0.2) is 19.5 Å². The highest BCUT2D eigenvalue weighted by molar-refractivity contribution is 5.75. The van der Waals surface area contributed by atoms with Gasteiger partial charge in [0.25, 0.3) is 0 Å². The van der Waals surface area contributed by atoms with Gasteiger partial charge in [0, 0.05) is 0 Å². The lowest BCUT2D eigenvalue weighted by molar-refractivity contribution is -0.117. The molecular weight excluding hydrogens is 104 g/mol. The van der Waals surface area contributed by atoms with Gasteiger partial charge in [0.2, 0.25) is 5.91 Å². The highest BCUT2D eigenvalue weighted by atomic mass is 16.1. The first-order chi connectivity index (χ1) is 3.77. The summed E-state index contributed by atoms with van der Waals surface area (Å²) in [7, 11) is 1.67. The molecule has 0 aromatic heterocycles. The van der Waals surface area contributed by atoms with Crippen molar-refractivity contribution in [3.8, 4) is 0 Å². The van der Waals surface area contributed by atoms with Gasteiger partial charge in [-0.05, 0) is 7.05 Å². The average molecular weight is 118 g/mol. The standard InChI is InChI=1S/C3H8N2O.C2H6/c1-5-2-3(4)6;1-2/h5H,2H2,1H3,(H2,4,6);1-2H3. The molecule has 0 heterocycles. The molecule has 0 aliphatic heterocycles. The van der Waals surface area contributed by atoms with Gasteiger partial charge >= 0.3 is 0 Å². The molecule has 0 fully saturated rings. The Kier molecular flexibility index (Phi) is 12.6.